The van der Waals surface area contributed by atoms with Gasteiger partial charge < -0.3 is 4.90 Å². The first-order valence-electron chi connectivity index (χ1n) is 7.59. The average molecular weight is 372 g/mol. The van der Waals surface area contributed by atoms with Crippen LogP contribution in [0.1, 0.15) is 15.9 Å². The molecule has 0 aliphatic carbocycles. The van der Waals surface area contributed by atoms with E-state index in [9.17, 15) is 18.0 Å². The highest BCUT2D eigenvalue weighted by molar-refractivity contribution is 6.32. The van der Waals surface area contributed by atoms with Crippen LogP contribution in [0.4, 0.5) is 19.0 Å². The van der Waals surface area contributed by atoms with E-state index >= 15 is 0 Å². The molecule has 0 radical (unpaired) electrons. The molecule has 0 unspecified atom stereocenters. The maximum atomic E-state index is 12.7. The third-order valence-electron chi connectivity index (χ3n) is 4.01. The number of halogens is 4. The first-order valence-corrected chi connectivity index (χ1v) is 7.97. The summed E-state index contributed by atoms with van der Waals surface area (Å²) < 4.78 is 38.1. The van der Waals surface area contributed by atoms with Gasteiger partial charge in [0.2, 0.25) is 0 Å². The van der Waals surface area contributed by atoms with E-state index in [1.165, 1.54) is 0 Å². The normalized spacial score (nSPS) is 15.4. The summed E-state index contributed by atoms with van der Waals surface area (Å²) in [4.78, 5) is 22.4. The number of carbonyl (C=O) groups is 1. The molecule has 1 aliphatic heterocycles. The molecule has 132 valence electrons. The second-order valence-electron chi connectivity index (χ2n) is 5.60. The van der Waals surface area contributed by atoms with Gasteiger partial charge in [-0.2, -0.15) is 13.2 Å². The Morgan fingerprint density at radius 3 is 2.36 bits per heavy atom. The number of aromatic nitrogens is 2. The van der Waals surface area contributed by atoms with Crippen molar-refractivity contribution in [3.05, 3.63) is 52.9 Å². The average Bonchev–Trinajstić information content (AvgIpc) is 2.61. The molecule has 3 heterocycles. The highest BCUT2D eigenvalue weighted by Gasteiger charge is 2.34. The monoisotopic (exact) mass is 371 g/mol. The summed E-state index contributed by atoms with van der Waals surface area (Å²) in [7, 11) is 0. The Bertz CT molecular complexity index is 762. The van der Waals surface area contributed by atoms with E-state index in [0.717, 1.165) is 12.3 Å². The SMILES string of the molecule is O=C(c1ccncc1)N1CCN(c2[nH+]cc(C(F)(F)F)cc2Cl)CC1. The van der Waals surface area contributed by atoms with E-state index in [4.69, 9.17) is 11.6 Å². The van der Waals surface area contributed by atoms with Crippen molar-refractivity contribution >= 4 is 23.3 Å². The van der Waals surface area contributed by atoms with E-state index in [2.05, 4.69) is 9.97 Å². The Balaban J connectivity index is 1.67. The highest BCUT2D eigenvalue weighted by Crippen LogP contribution is 2.32. The van der Waals surface area contributed by atoms with Crippen LogP contribution in [0.2, 0.25) is 5.02 Å². The zero-order valence-corrected chi connectivity index (χ0v) is 13.8. The van der Waals surface area contributed by atoms with Gasteiger partial charge in [0.05, 0.1) is 18.7 Å². The second-order valence-corrected chi connectivity index (χ2v) is 6.00. The molecule has 1 saturated heterocycles. The van der Waals surface area contributed by atoms with Gasteiger partial charge in [0.15, 0.2) is 0 Å². The zero-order chi connectivity index (χ0) is 18.0. The van der Waals surface area contributed by atoms with Crippen molar-refractivity contribution in [3.63, 3.8) is 0 Å². The number of anilines is 1. The Morgan fingerprint density at radius 1 is 1.16 bits per heavy atom. The van der Waals surface area contributed by atoms with E-state index in [1.807, 2.05) is 4.90 Å². The minimum absolute atomic E-state index is 0.00346. The molecule has 9 heteroatoms. The standard InChI is InChI=1S/C16H14ClF3N4O/c17-13-9-12(16(18,19)20)10-22-14(13)23-5-7-24(8-6-23)15(25)11-1-3-21-4-2-11/h1-4,9-10H,5-8H2/p+1. The van der Waals surface area contributed by atoms with Crippen LogP contribution in [-0.2, 0) is 6.18 Å². The maximum Gasteiger partial charge on any atom is 0.419 e. The van der Waals surface area contributed by atoms with Crippen molar-refractivity contribution in [1.29, 1.82) is 0 Å². The zero-order valence-electron chi connectivity index (χ0n) is 13.1. The third kappa shape index (κ3) is 3.84. The summed E-state index contributed by atoms with van der Waals surface area (Å²) >= 11 is 6.00. The summed E-state index contributed by atoms with van der Waals surface area (Å²) in [6.07, 6.45) is -0.440. The van der Waals surface area contributed by atoms with Crippen LogP contribution in [0.15, 0.2) is 36.8 Å². The van der Waals surface area contributed by atoms with Crippen molar-refractivity contribution in [2.45, 2.75) is 6.18 Å². The lowest BCUT2D eigenvalue weighted by Crippen LogP contribution is -2.50. The Morgan fingerprint density at radius 2 is 1.80 bits per heavy atom. The van der Waals surface area contributed by atoms with Gasteiger partial charge in [-0.15, -0.1) is 0 Å². The summed E-state index contributed by atoms with van der Waals surface area (Å²) in [6.45, 7) is 1.84. The number of nitrogens with one attached hydrogen (secondary N) is 1. The Labute approximate surface area is 147 Å². The number of rotatable bonds is 2. The number of hydrogen-bond donors (Lipinski definition) is 0. The molecule has 2 aromatic rings. The van der Waals surface area contributed by atoms with E-state index in [-0.39, 0.29) is 10.9 Å². The fourth-order valence-electron chi connectivity index (χ4n) is 2.68. The van der Waals surface area contributed by atoms with Gasteiger partial charge in [0, 0.05) is 18.0 Å². The molecule has 25 heavy (non-hydrogen) atoms. The number of aromatic amines is 1. The van der Waals surface area contributed by atoms with Gasteiger partial charge in [-0.1, -0.05) is 11.6 Å². The molecule has 1 amide bonds. The van der Waals surface area contributed by atoms with Crippen molar-refractivity contribution < 1.29 is 22.9 Å². The number of carbonyl (C=O) groups excluding carboxylic acids is 1. The van der Waals surface area contributed by atoms with Gasteiger partial charge in [-0.3, -0.25) is 14.7 Å². The van der Waals surface area contributed by atoms with Gasteiger partial charge in [-0.25, -0.2) is 4.98 Å². The molecule has 0 saturated carbocycles. The molecule has 5 nitrogen and oxygen atoms in total. The molecule has 1 aliphatic rings. The van der Waals surface area contributed by atoms with Crippen LogP contribution < -0.4 is 9.88 Å². The molecule has 3 rings (SSSR count). The van der Waals surface area contributed by atoms with Crippen LogP contribution in [-0.4, -0.2) is 42.0 Å². The number of alkyl halides is 3. The van der Waals surface area contributed by atoms with Crippen molar-refractivity contribution in [3.8, 4) is 0 Å². The van der Waals surface area contributed by atoms with Crippen LogP contribution >= 0.6 is 11.6 Å². The Hall–Kier alpha value is -2.35. The van der Waals surface area contributed by atoms with Crippen LogP contribution in [0.25, 0.3) is 0 Å². The largest absolute Gasteiger partial charge is 0.419 e. The molecule has 0 bridgehead atoms. The lowest BCUT2D eigenvalue weighted by atomic mass is 10.2. The van der Waals surface area contributed by atoms with E-state index < -0.39 is 11.7 Å². The number of amides is 1. The lowest BCUT2D eigenvalue weighted by Gasteiger charge is -2.31. The molecular formula is C16H15ClF3N4O+. The smallest absolute Gasteiger partial charge is 0.331 e. The van der Waals surface area contributed by atoms with Gasteiger partial charge in [0.25, 0.3) is 11.7 Å². The van der Waals surface area contributed by atoms with Crippen molar-refractivity contribution in [2.75, 3.05) is 31.1 Å². The summed E-state index contributed by atoms with van der Waals surface area (Å²) in [6, 6.07) is 4.20. The fraction of sp³-hybridized carbons (Fsp3) is 0.312. The van der Waals surface area contributed by atoms with Gasteiger partial charge in [-0.05, 0) is 18.2 Å². The lowest BCUT2D eigenvalue weighted by molar-refractivity contribution is -0.367. The number of pyridine rings is 2. The third-order valence-corrected chi connectivity index (χ3v) is 4.30. The predicted octanol–water partition coefficient (Wildman–Crippen LogP) is 2.53. The second kappa shape index (κ2) is 6.87. The first kappa shape index (κ1) is 17.5. The van der Waals surface area contributed by atoms with Gasteiger partial charge >= 0.3 is 6.18 Å². The topological polar surface area (TPSA) is 50.6 Å². The molecule has 0 atom stereocenters. The highest BCUT2D eigenvalue weighted by atomic mass is 35.5. The number of piperazine rings is 1. The van der Waals surface area contributed by atoms with Crippen molar-refractivity contribution in [1.82, 2.24) is 9.88 Å². The molecule has 0 aromatic carbocycles. The predicted molar refractivity (Wildman–Crippen MR) is 85.4 cm³/mol. The molecule has 2 aromatic heterocycles. The summed E-state index contributed by atoms with van der Waals surface area (Å²) in [5.74, 6) is 0.329. The molecule has 1 N–H and O–H groups in total. The van der Waals surface area contributed by atoms with Crippen LogP contribution in [0, 0.1) is 0 Å². The number of H-pyrrole nitrogens is 1. The number of nitrogens with zero attached hydrogens (tertiary/aromatic N) is 3. The minimum atomic E-state index is -4.45. The molecular weight excluding hydrogens is 357 g/mol. The van der Waals surface area contributed by atoms with Crippen molar-refractivity contribution in [2.24, 2.45) is 0 Å². The fourth-order valence-corrected chi connectivity index (χ4v) is 2.97. The van der Waals surface area contributed by atoms with Gasteiger partial charge in [0.1, 0.15) is 24.3 Å². The quantitative estimate of drug-likeness (QED) is 0.815. The minimum Gasteiger partial charge on any atom is -0.331 e. The number of hydrogen-bond acceptors (Lipinski definition) is 3. The summed E-state index contributed by atoms with van der Waals surface area (Å²) in [5, 5.41) is 0.00346. The van der Waals surface area contributed by atoms with E-state index in [0.29, 0.717) is 37.6 Å². The van der Waals surface area contributed by atoms with Crippen LogP contribution in [0.3, 0.4) is 0 Å². The molecule has 1 fully saturated rings. The maximum absolute atomic E-state index is 12.7. The Kier molecular flexibility index (Phi) is 4.80. The summed E-state index contributed by atoms with van der Waals surface area (Å²) in [5.41, 5.74) is -0.268. The van der Waals surface area contributed by atoms with Crippen LogP contribution in [0.5, 0.6) is 0 Å². The van der Waals surface area contributed by atoms with E-state index in [1.54, 1.807) is 29.4 Å². The first-order chi connectivity index (χ1) is 11.9. The molecule has 0 spiro atoms.